The SMILES string of the molecule is O=S(=O)(NCCCn1nc(C(F)(F)F)cc1C1CC1)c1ccc(Br)cc1. The first-order valence-corrected chi connectivity index (χ1v) is 10.3. The summed E-state index contributed by atoms with van der Waals surface area (Å²) in [6.07, 6.45) is -2.41. The zero-order valence-electron chi connectivity index (χ0n) is 13.6. The Hall–Kier alpha value is -1.39. The second kappa shape index (κ2) is 7.32. The molecule has 1 fully saturated rings. The van der Waals surface area contributed by atoms with Crippen molar-refractivity contribution < 1.29 is 21.6 Å². The molecule has 0 aliphatic heterocycles. The van der Waals surface area contributed by atoms with E-state index in [4.69, 9.17) is 0 Å². The average molecular weight is 452 g/mol. The maximum Gasteiger partial charge on any atom is 0.435 e. The first kappa shape index (κ1) is 19.4. The van der Waals surface area contributed by atoms with Gasteiger partial charge in [-0.25, -0.2) is 13.1 Å². The van der Waals surface area contributed by atoms with Crippen molar-refractivity contribution in [1.82, 2.24) is 14.5 Å². The molecular formula is C16H17BrF3N3O2S. The van der Waals surface area contributed by atoms with Crippen LogP contribution in [0, 0.1) is 0 Å². The molecule has 1 aliphatic rings. The molecule has 0 radical (unpaired) electrons. The molecule has 1 aromatic carbocycles. The van der Waals surface area contributed by atoms with Gasteiger partial charge in [0.25, 0.3) is 0 Å². The zero-order chi connectivity index (χ0) is 18.9. The molecule has 0 bridgehead atoms. The Morgan fingerprint density at radius 2 is 1.88 bits per heavy atom. The average Bonchev–Trinajstić information content (AvgIpc) is 3.30. The number of benzene rings is 1. The molecule has 142 valence electrons. The number of halogens is 4. The Balaban J connectivity index is 1.60. The van der Waals surface area contributed by atoms with Crippen LogP contribution in [0.4, 0.5) is 13.2 Å². The summed E-state index contributed by atoms with van der Waals surface area (Å²) >= 11 is 3.24. The highest BCUT2D eigenvalue weighted by atomic mass is 79.9. The van der Waals surface area contributed by atoms with Crippen LogP contribution >= 0.6 is 15.9 Å². The fourth-order valence-corrected chi connectivity index (χ4v) is 3.93. The van der Waals surface area contributed by atoms with Crippen LogP contribution in [-0.2, 0) is 22.7 Å². The van der Waals surface area contributed by atoms with E-state index in [1.807, 2.05) is 0 Å². The highest BCUT2D eigenvalue weighted by molar-refractivity contribution is 9.10. The molecule has 26 heavy (non-hydrogen) atoms. The smallest absolute Gasteiger partial charge is 0.269 e. The van der Waals surface area contributed by atoms with Crippen molar-refractivity contribution in [3.63, 3.8) is 0 Å². The van der Waals surface area contributed by atoms with E-state index >= 15 is 0 Å². The molecule has 0 atom stereocenters. The monoisotopic (exact) mass is 451 g/mol. The molecule has 5 nitrogen and oxygen atoms in total. The summed E-state index contributed by atoms with van der Waals surface area (Å²) in [6.45, 7) is 0.342. The fourth-order valence-electron chi connectivity index (χ4n) is 2.59. The van der Waals surface area contributed by atoms with Gasteiger partial charge in [-0.05, 0) is 49.6 Å². The van der Waals surface area contributed by atoms with Crippen molar-refractivity contribution in [2.45, 2.75) is 42.8 Å². The van der Waals surface area contributed by atoms with Crippen LogP contribution in [0.2, 0.25) is 0 Å². The summed E-state index contributed by atoms with van der Waals surface area (Å²) in [7, 11) is -3.64. The zero-order valence-corrected chi connectivity index (χ0v) is 16.0. The molecule has 0 spiro atoms. The third-order valence-electron chi connectivity index (χ3n) is 4.06. The first-order valence-electron chi connectivity index (χ1n) is 8.07. The first-order chi connectivity index (χ1) is 12.2. The molecule has 10 heteroatoms. The Labute approximate surface area is 157 Å². The minimum absolute atomic E-state index is 0.115. The Morgan fingerprint density at radius 3 is 2.46 bits per heavy atom. The third kappa shape index (κ3) is 4.66. The quantitative estimate of drug-likeness (QED) is 0.649. The molecule has 1 N–H and O–H groups in total. The topological polar surface area (TPSA) is 64.0 Å². The van der Waals surface area contributed by atoms with E-state index in [2.05, 4.69) is 25.8 Å². The van der Waals surface area contributed by atoms with Gasteiger partial charge in [-0.1, -0.05) is 15.9 Å². The molecule has 0 unspecified atom stereocenters. The van der Waals surface area contributed by atoms with Crippen molar-refractivity contribution >= 4 is 26.0 Å². The van der Waals surface area contributed by atoms with Crippen molar-refractivity contribution in [2.75, 3.05) is 6.54 Å². The third-order valence-corrected chi connectivity index (χ3v) is 6.07. The van der Waals surface area contributed by atoms with Crippen LogP contribution < -0.4 is 4.72 Å². The molecular weight excluding hydrogens is 435 g/mol. The van der Waals surface area contributed by atoms with Gasteiger partial charge in [0.1, 0.15) is 0 Å². The predicted molar refractivity (Wildman–Crippen MR) is 93.2 cm³/mol. The van der Waals surface area contributed by atoms with Gasteiger partial charge in [0, 0.05) is 29.2 Å². The lowest BCUT2D eigenvalue weighted by Gasteiger charge is -2.09. The van der Waals surface area contributed by atoms with E-state index in [9.17, 15) is 21.6 Å². The van der Waals surface area contributed by atoms with Crippen LogP contribution in [0.5, 0.6) is 0 Å². The lowest BCUT2D eigenvalue weighted by atomic mass is 10.2. The van der Waals surface area contributed by atoms with Gasteiger partial charge < -0.3 is 0 Å². The van der Waals surface area contributed by atoms with E-state index in [0.29, 0.717) is 12.1 Å². The van der Waals surface area contributed by atoms with Gasteiger partial charge in [0.2, 0.25) is 10.0 Å². The molecule has 1 heterocycles. The number of sulfonamides is 1. The van der Waals surface area contributed by atoms with Gasteiger partial charge >= 0.3 is 6.18 Å². The summed E-state index contributed by atoms with van der Waals surface area (Å²) in [5, 5.41) is 3.65. The number of hydrogen-bond acceptors (Lipinski definition) is 3. The number of aromatic nitrogens is 2. The molecule has 3 rings (SSSR count). The normalized spacial score (nSPS) is 15.4. The van der Waals surface area contributed by atoms with Gasteiger partial charge in [-0.15, -0.1) is 0 Å². The number of rotatable bonds is 7. The summed E-state index contributed by atoms with van der Waals surface area (Å²) in [5.74, 6) is 0.123. The summed E-state index contributed by atoms with van der Waals surface area (Å²) < 4.78 is 67.5. The van der Waals surface area contributed by atoms with Gasteiger partial charge in [-0.3, -0.25) is 4.68 Å². The molecule has 1 aromatic heterocycles. The van der Waals surface area contributed by atoms with Crippen LogP contribution in [0.15, 0.2) is 39.7 Å². The maximum atomic E-state index is 12.9. The van der Waals surface area contributed by atoms with Gasteiger partial charge in [0.05, 0.1) is 4.90 Å². The largest absolute Gasteiger partial charge is 0.435 e. The Bertz CT molecular complexity index is 875. The minimum Gasteiger partial charge on any atom is -0.269 e. The summed E-state index contributed by atoms with van der Waals surface area (Å²) in [4.78, 5) is 0.137. The number of nitrogens with one attached hydrogen (secondary N) is 1. The van der Waals surface area contributed by atoms with E-state index in [1.165, 1.54) is 16.8 Å². The van der Waals surface area contributed by atoms with Crippen molar-refractivity contribution in [3.8, 4) is 0 Å². The molecule has 0 saturated heterocycles. The lowest BCUT2D eigenvalue weighted by Crippen LogP contribution is -2.25. The predicted octanol–water partition coefficient (Wildman–Crippen LogP) is 3.91. The molecule has 1 aliphatic carbocycles. The lowest BCUT2D eigenvalue weighted by molar-refractivity contribution is -0.141. The van der Waals surface area contributed by atoms with Crippen LogP contribution in [0.3, 0.4) is 0 Å². The number of aryl methyl sites for hydroxylation is 1. The standard InChI is InChI=1S/C16H17BrF3N3O2S/c17-12-4-6-13(7-5-12)26(24,25)21-8-1-9-23-14(11-2-3-11)10-15(22-23)16(18,19)20/h4-7,10-11,21H,1-3,8-9H2. The molecule has 0 amide bonds. The number of alkyl halides is 3. The molecule has 1 saturated carbocycles. The van der Waals surface area contributed by atoms with Crippen molar-refractivity contribution in [2.24, 2.45) is 0 Å². The Morgan fingerprint density at radius 1 is 1.23 bits per heavy atom. The van der Waals surface area contributed by atoms with Crippen LogP contribution in [0.25, 0.3) is 0 Å². The van der Waals surface area contributed by atoms with Crippen LogP contribution in [0.1, 0.15) is 36.6 Å². The Kier molecular flexibility index (Phi) is 5.45. The van der Waals surface area contributed by atoms with E-state index in [1.54, 1.807) is 12.1 Å². The van der Waals surface area contributed by atoms with Crippen molar-refractivity contribution in [3.05, 3.63) is 46.2 Å². The highest BCUT2D eigenvalue weighted by Gasteiger charge is 2.37. The second-order valence-corrected chi connectivity index (χ2v) is 8.84. The highest BCUT2D eigenvalue weighted by Crippen LogP contribution is 2.42. The summed E-state index contributed by atoms with van der Waals surface area (Å²) in [6, 6.07) is 7.29. The number of nitrogens with zero attached hydrogens (tertiary/aromatic N) is 2. The maximum absolute atomic E-state index is 12.9. The van der Waals surface area contributed by atoms with Crippen LogP contribution in [-0.4, -0.2) is 24.7 Å². The number of hydrogen-bond donors (Lipinski definition) is 1. The fraction of sp³-hybridized carbons (Fsp3) is 0.438. The second-order valence-electron chi connectivity index (χ2n) is 6.15. The van der Waals surface area contributed by atoms with E-state index in [0.717, 1.165) is 23.4 Å². The van der Waals surface area contributed by atoms with E-state index in [-0.39, 0.29) is 23.9 Å². The summed E-state index contributed by atoms with van der Waals surface area (Å²) in [5.41, 5.74) is -0.317. The minimum atomic E-state index is -4.47. The van der Waals surface area contributed by atoms with E-state index < -0.39 is 21.9 Å². The van der Waals surface area contributed by atoms with Gasteiger partial charge in [0.15, 0.2) is 5.69 Å². The van der Waals surface area contributed by atoms with Gasteiger partial charge in [-0.2, -0.15) is 18.3 Å². The molecule has 2 aromatic rings. The van der Waals surface area contributed by atoms with Crippen molar-refractivity contribution in [1.29, 1.82) is 0 Å².